The van der Waals surface area contributed by atoms with E-state index in [1.807, 2.05) is 0 Å². The molecule has 0 aromatic rings. The van der Waals surface area contributed by atoms with Crippen molar-refractivity contribution in [2.45, 2.75) is 44.9 Å². The van der Waals surface area contributed by atoms with Gasteiger partial charge in [-0.2, -0.15) is 13.2 Å². The molecule has 1 N–H and O–H groups in total. The van der Waals surface area contributed by atoms with Crippen molar-refractivity contribution in [3.63, 3.8) is 0 Å². The summed E-state index contributed by atoms with van der Waals surface area (Å²) in [6.45, 7) is 0.165. The lowest BCUT2D eigenvalue weighted by Gasteiger charge is -2.27. The van der Waals surface area contributed by atoms with Crippen LogP contribution in [0, 0.1) is 5.92 Å². The molecule has 0 heterocycles. The summed E-state index contributed by atoms with van der Waals surface area (Å²) >= 11 is 0. The molecule has 0 unspecified atom stereocenters. The number of alkyl halides is 3. The number of nitrogens with zero attached hydrogens (tertiary/aromatic N) is 1. The number of ether oxygens (including phenoxy) is 1. The van der Waals surface area contributed by atoms with Gasteiger partial charge in [0, 0.05) is 7.05 Å². The Labute approximate surface area is 128 Å². The highest BCUT2D eigenvalue weighted by Gasteiger charge is 2.28. The zero-order valence-electron chi connectivity index (χ0n) is 12.9. The third-order valence-corrected chi connectivity index (χ3v) is 3.62. The van der Waals surface area contributed by atoms with E-state index in [2.05, 4.69) is 6.92 Å². The van der Waals surface area contributed by atoms with Gasteiger partial charge in [0.1, 0.15) is 13.2 Å². The second-order valence-electron chi connectivity index (χ2n) is 5.85. The van der Waals surface area contributed by atoms with Gasteiger partial charge in [-0.15, -0.1) is 0 Å². The van der Waals surface area contributed by atoms with Gasteiger partial charge < -0.3 is 15.0 Å². The van der Waals surface area contributed by atoms with Crippen molar-refractivity contribution < 1.29 is 27.5 Å². The molecule has 0 aromatic carbocycles. The van der Waals surface area contributed by atoms with Crippen LogP contribution < -0.4 is 5.32 Å². The van der Waals surface area contributed by atoms with Crippen LogP contribution in [-0.4, -0.2) is 55.7 Å². The largest absolute Gasteiger partial charge is 0.405 e. The zero-order chi connectivity index (χ0) is 16.8. The average Bonchev–Trinajstić information content (AvgIpc) is 2.42. The molecule has 128 valence electrons. The van der Waals surface area contributed by atoms with Crippen LogP contribution in [0.3, 0.4) is 0 Å². The summed E-state index contributed by atoms with van der Waals surface area (Å²) in [4.78, 5) is 24.2. The fourth-order valence-corrected chi connectivity index (χ4v) is 2.39. The molecule has 1 aliphatic rings. The van der Waals surface area contributed by atoms with Crippen molar-refractivity contribution in [2.75, 3.05) is 26.7 Å². The Morgan fingerprint density at radius 3 is 2.59 bits per heavy atom. The zero-order valence-corrected chi connectivity index (χ0v) is 12.9. The maximum atomic E-state index is 12.0. The lowest BCUT2D eigenvalue weighted by atomic mass is 9.89. The molecule has 0 saturated heterocycles. The van der Waals surface area contributed by atoms with Crippen molar-refractivity contribution >= 4 is 11.8 Å². The van der Waals surface area contributed by atoms with E-state index in [0.717, 1.165) is 30.6 Å². The normalized spacial score (nSPS) is 22.2. The molecule has 1 fully saturated rings. The molecule has 1 aliphatic carbocycles. The minimum atomic E-state index is -4.46. The van der Waals surface area contributed by atoms with Crippen molar-refractivity contribution in [3.8, 4) is 0 Å². The quantitative estimate of drug-likeness (QED) is 0.809. The van der Waals surface area contributed by atoms with E-state index in [0.29, 0.717) is 5.92 Å². The van der Waals surface area contributed by atoms with Crippen molar-refractivity contribution in [1.29, 1.82) is 0 Å². The fourth-order valence-electron chi connectivity index (χ4n) is 2.39. The van der Waals surface area contributed by atoms with Crippen LogP contribution in [0.2, 0.25) is 0 Å². The highest BCUT2D eigenvalue weighted by Crippen LogP contribution is 2.25. The molecule has 5 nitrogen and oxygen atoms in total. The number of nitrogens with one attached hydrogen (secondary N) is 1. The second-order valence-corrected chi connectivity index (χ2v) is 5.85. The molecule has 1 saturated carbocycles. The van der Waals surface area contributed by atoms with Gasteiger partial charge in [0.15, 0.2) is 0 Å². The maximum Gasteiger partial charge on any atom is 0.405 e. The van der Waals surface area contributed by atoms with E-state index in [1.54, 1.807) is 5.32 Å². The third kappa shape index (κ3) is 7.63. The Morgan fingerprint density at radius 1 is 1.32 bits per heavy atom. The Hall–Kier alpha value is -1.31. The van der Waals surface area contributed by atoms with Crippen LogP contribution >= 0.6 is 0 Å². The van der Waals surface area contributed by atoms with Crippen LogP contribution in [0.15, 0.2) is 0 Å². The first-order valence-corrected chi connectivity index (χ1v) is 7.36. The highest BCUT2D eigenvalue weighted by atomic mass is 19.4. The SMILES string of the molecule is C[C@H]1CCC[C@@H](OCC(=O)N(C)CC(=O)NCC(F)(F)F)C1. The van der Waals surface area contributed by atoms with Gasteiger partial charge in [-0.3, -0.25) is 9.59 Å². The summed E-state index contributed by atoms with van der Waals surface area (Å²) in [6, 6.07) is 0. The van der Waals surface area contributed by atoms with Gasteiger partial charge in [0.25, 0.3) is 0 Å². The number of likely N-dealkylation sites (N-methyl/N-ethyl adjacent to an activating group) is 1. The Bertz CT molecular complexity index is 388. The lowest BCUT2D eigenvalue weighted by molar-refractivity contribution is -0.144. The molecule has 0 bridgehead atoms. The van der Waals surface area contributed by atoms with Gasteiger partial charge >= 0.3 is 6.18 Å². The molecule has 2 amide bonds. The van der Waals surface area contributed by atoms with E-state index in [-0.39, 0.29) is 12.7 Å². The first-order valence-electron chi connectivity index (χ1n) is 7.36. The molecule has 8 heteroatoms. The minimum Gasteiger partial charge on any atom is -0.368 e. The molecule has 0 radical (unpaired) electrons. The second kappa shape index (κ2) is 8.36. The topological polar surface area (TPSA) is 58.6 Å². The number of carbonyl (C=O) groups is 2. The van der Waals surface area contributed by atoms with Gasteiger partial charge in [0.2, 0.25) is 11.8 Å². The predicted molar refractivity (Wildman–Crippen MR) is 74.1 cm³/mol. The fraction of sp³-hybridized carbons (Fsp3) is 0.857. The molecule has 22 heavy (non-hydrogen) atoms. The van der Waals surface area contributed by atoms with Crippen molar-refractivity contribution in [1.82, 2.24) is 10.2 Å². The first kappa shape index (κ1) is 18.7. The molecular weight excluding hydrogens is 301 g/mol. The highest BCUT2D eigenvalue weighted by molar-refractivity contribution is 5.85. The number of amides is 2. The standard InChI is InChI=1S/C14H23F3N2O3/c1-10-4-3-5-11(6-10)22-8-13(21)19(2)7-12(20)18-9-14(15,16)17/h10-11H,3-9H2,1-2H3,(H,18,20)/t10-,11+/m0/s1. The van der Waals surface area contributed by atoms with E-state index < -0.39 is 31.1 Å². The van der Waals surface area contributed by atoms with Gasteiger partial charge in [-0.1, -0.05) is 19.8 Å². The molecule has 0 aliphatic heterocycles. The van der Waals surface area contributed by atoms with Gasteiger partial charge in [-0.25, -0.2) is 0 Å². The van der Waals surface area contributed by atoms with Crippen LogP contribution in [0.1, 0.15) is 32.6 Å². The molecule has 2 atom stereocenters. The molecule has 0 spiro atoms. The number of hydrogen-bond acceptors (Lipinski definition) is 3. The van der Waals surface area contributed by atoms with Crippen molar-refractivity contribution in [2.24, 2.45) is 5.92 Å². The molecule has 1 rings (SSSR count). The van der Waals surface area contributed by atoms with E-state index in [9.17, 15) is 22.8 Å². The smallest absolute Gasteiger partial charge is 0.368 e. The first-order chi connectivity index (χ1) is 10.2. The number of rotatable bonds is 6. The van der Waals surface area contributed by atoms with E-state index in [4.69, 9.17) is 4.74 Å². The Morgan fingerprint density at radius 2 is 2.00 bits per heavy atom. The molecular formula is C14H23F3N2O3. The lowest BCUT2D eigenvalue weighted by Crippen LogP contribution is -2.43. The predicted octanol–water partition coefficient (Wildman–Crippen LogP) is 1.72. The van der Waals surface area contributed by atoms with E-state index in [1.165, 1.54) is 7.05 Å². The summed E-state index contributed by atoms with van der Waals surface area (Å²) in [5.74, 6) is -0.695. The Kier molecular flexibility index (Phi) is 7.12. The van der Waals surface area contributed by atoms with Gasteiger partial charge in [0.05, 0.1) is 12.6 Å². The van der Waals surface area contributed by atoms with Crippen LogP contribution in [0.25, 0.3) is 0 Å². The Balaban J connectivity index is 2.25. The van der Waals surface area contributed by atoms with Crippen LogP contribution in [-0.2, 0) is 14.3 Å². The van der Waals surface area contributed by atoms with E-state index >= 15 is 0 Å². The number of halogens is 3. The number of carbonyl (C=O) groups excluding carboxylic acids is 2. The van der Waals surface area contributed by atoms with Crippen LogP contribution in [0.4, 0.5) is 13.2 Å². The van der Waals surface area contributed by atoms with Crippen LogP contribution in [0.5, 0.6) is 0 Å². The summed E-state index contributed by atoms with van der Waals surface area (Å²) in [6.07, 6.45) is -0.377. The minimum absolute atomic E-state index is 0.0418. The van der Waals surface area contributed by atoms with Crippen molar-refractivity contribution in [3.05, 3.63) is 0 Å². The monoisotopic (exact) mass is 324 g/mol. The third-order valence-electron chi connectivity index (χ3n) is 3.62. The summed E-state index contributed by atoms with van der Waals surface area (Å²) < 4.78 is 41.4. The summed E-state index contributed by atoms with van der Waals surface area (Å²) in [5.41, 5.74) is 0. The average molecular weight is 324 g/mol. The summed E-state index contributed by atoms with van der Waals surface area (Å²) in [5, 5.41) is 1.72. The van der Waals surface area contributed by atoms with Gasteiger partial charge in [-0.05, 0) is 18.8 Å². The maximum absolute atomic E-state index is 12.0. The summed E-state index contributed by atoms with van der Waals surface area (Å²) in [7, 11) is 1.36. The molecule has 0 aromatic heterocycles. The number of hydrogen-bond donors (Lipinski definition) is 1.